The van der Waals surface area contributed by atoms with Crippen molar-refractivity contribution < 1.29 is 168 Å². The summed E-state index contributed by atoms with van der Waals surface area (Å²) >= 11 is 0. The van der Waals surface area contributed by atoms with E-state index in [0.29, 0.717) is 49.0 Å². The van der Waals surface area contributed by atoms with Crippen LogP contribution in [0.2, 0.25) is 0 Å². The molecule has 9 heterocycles. The van der Waals surface area contributed by atoms with E-state index in [1.807, 2.05) is 0 Å². The van der Waals surface area contributed by atoms with Gasteiger partial charge in [0.2, 0.25) is 0 Å². The smallest absolute Gasteiger partial charge is 0.187 e. The van der Waals surface area contributed by atoms with Crippen LogP contribution in [0.3, 0.4) is 0 Å². The van der Waals surface area contributed by atoms with Gasteiger partial charge in [-0.2, -0.15) is 0 Å². The monoisotopic (exact) mass is 1440 g/mol. The topological polar surface area (TPSA) is 512 Å². The zero-order valence-corrected chi connectivity index (χ0v) is 56.8. The minimum Gasteiger partial charge on any atom is -0.394 e. The Hall–Kier alpha value is -1.36. The van der Waals surface area contributed by atoms with Crippen molar-refractivity contribution in [3.8, 4) is 0 Å². The van der Waals surface area contributed by atoms with Crippen molar-refractivity contribution in [1.29, 1.82) is 0 Å². The van der Waals surface area contributed by atoms with Gasteiger partial charge in [0.25, 0.3) is 0 Å². The highest BCUT2D eigenvalue weighted by molar-refractivity contribution is 5.16. The summed E-state index contributed by atoms with van der Waals surface area (Å²) in [7, 11) is 0. The van der Waals surface area contributed by atoms with Gasteiger partial charge in [-0.3, -0.25) is 0 Å². The lowest BCUT2D eigenvalue weighted by atomic mass is 9.44. The first kappa shape index (κ1) is 76.8. The van der Waals surface area contributed by atoms with Gasteiger partial charge in [-0.15, -0.1) is 0 Å². The maximum absolute atomic E-state index is 12.9. The van der Waals surface area contributed by atoms with Gasteiger partial charge in [-0.05, 0) is 111 Å². The van der Waals surface area contributed by atoms with Crippen LogP contribution in [-0.4, -0.2) is 353 Å². The predicted octanol–water partition coefficient (Wildman–Crippen LogP) is -6.49. The van der Waals surface area contributed by atoms with E-state index < -0.39 is 248 Å². The second kappa shape index (κ2) is 30.6. The minimum atomic E-state index is -2.17. The van der Waals surface area contributed by atoms with Gasteiger partial charge >= 0.3 is 0 Å². The number of ether oxygens (including phenoxy) is 16. The first-order valence-corrected chi connectivity index (χ1v) is 35.9. The number of hydrogen-bond donors (Lipinski definition) is 18. The average molecular weight is 1450 g/mol. The molecule has 34 heteroatoms. The summed E-state index contributed by atoms with van der Waals surface area (Å²) in [5, 5.41) is 199. The molecule has 34 nitrogen and oxygen atoms in total. The van der Waals surface area contributed by atoms with Crippen LogP contribution in [0.25, 0.3) is 0 Å². The number of hydrogen-bond acceptors (Lipinski definition) is 34. The van der Waals surface area contributed by atoms with Crippen molar-refractivity contribution in [1.82, 2.24) is 0 Å². The number of rotatable bonds is 18. The Bertz CT molecular complexity index is 2670. The molecule has 576 valence electrons. The number of aliphatic hydroxyl groups excluding tert-OH is 18. The lowest BCUT2D eigenvalue weighted by Crippen LogP contribution is -2.69. The highest BCUT2D eigenvalue weighted by Crippen LogP contribution is 2.71. The molecule has 13 rings (SSSR count). The Kier molecular flexibility index (Phi) is 23.5. The Morgan fingerprint density at radius 3 is 1.65 bits per heavy atom. The number of fused-ring (bicyclic) bond motifs is 7. The SMILES string of the molecule is C[C@H]1CCC2(OC1)OC1CC3C4CC[C@H]5C[C@@H](O[C@@H]6O[C@H](CO)[C@H](O[C@@H]7O[C@H](CO)[C@@H](O)[C@H](O[C@@H]8OC[C@@H](O)[C@H](O[C@H]9O[C@H](CO[C@@H]%10O[C@@H](CO)[C@H](O)[C@H]%10O)[C@@H](O)[C@H](O)[C@H]9O)[C@H]8O)[C@H]7O[C@H]7OC[C@H](O)[C@H](O)[C@H]7O)[C@H](O)[C@H]6O[C@H]6O[C@@H](C)[C@H](O)[C@@H](O)[C@H]6O)CC[C@]5(C)C4CC[C@]3(C)C1[C@@H]2C. The fourth-order valence-corrected chi connectivity index (χ4v) is 19.7. The summed E-state index contributed by atoms with van der Waals surface area (Å²) < 4.78 is 98.4. The Balaban J connectivity index is 0.729. The predicted molar refractivity (Wildman–Crippen MR) is 327 cm³/mol. The van der Waals surface area contributed by atoms with Gasteiger partial charge in [0.05, 0.1) is 64.6 Å². The standard InChI is InChI=1S/C66H108O34/c1-23-8-13-66(88-19-23)24(2)38-33(100-66)15-30-28-7-6-26-14-27(9-11-64(26,4)29(28)10-12-65(30,38)5)90-62-55(98-60-48(81)44(77)39(72)25(3)89-60)50(83)53(36(18-69)93-62)96-63-56(99-58-46(79)40(73)31(70)20-85-58)54(43(76)35(17-68)92-63)97-59-51(84)52(32(71)21-86-59)95-61-49(82)45(78)42(75)37(94-61)22-87-57-47(80)41(74)34(16-67)91-57/h23-63,67-84H,6-22H2,1-5H3/t23-,24-,25-,26-,27-,28?,29?,30?,31-,32+,33?,34-,35+,36+,37+,38?,39-,40-,41-,42+,43+,44+,45-,46+,47+,48+,49+,50-,51+,52-,53-,54-,55+,56+,57+,58+,59-,60+,61+,62+,63-,64-,65-,66?/m0/s1. The van der Waals surface area contributed by atoms with Crippen LogP contribution >= 0.6 is 0 Å². The van der Waals surface area contributed by atoms with Crippen LogP contribution < -0.4 is 0 Å². The van der Waals surface area contributed by atoms with Gasteiger partial charge in [0.1, 0.15) is 146 Å². The molecule has 4 saturated carbocycles. The van der Waals surface area contributed by atoms with Crippen LogP contribution in [0, 0.1) is 52.3 Å². The van der Waals surface area contributed by atoms with E-state index in [1.54, 1.807) is 0 Å². The molecule has 100 heavy (non-hydrogen) atoms. The van der Waals surface area contributed by atoms with Crippen LogP contribution in [0.1, 0.15) is 98.8 Å². The second-order valence-corrected chi connectivity index (χ2v) is 31.4. The zero-order chi connectivity index (χ0) is 71.5. The van der Waals surface area contributed by atoms with Gasteiger partial charge in [0.15, 0.2) is 49.8 Å². The van der Waals surface area contributed by atoms with Crippen molar-refractivity contribution >= 4 is 0 Å². The molecule has 13 aliphatic rings. The van der Waals surface area contributed by atoms with Crippen LogP contribution in [-0.2, 0) is 75.8 Å². The highest BCUT2D eigenvalue weighted by Gasteiger charge is 2.70. The maximum Gasteiger partial charge on any atom is 0.187 e. The Labute approximate surface area is 577 Å². The van der Waals surface area contributed by atoms with E-state index in [2.05, 4.69) is 27.7 Å². The largest absolute Gasteiger partial charge is 0.394 e. The molecule has 0 aromatic carbocycles. The van der Waals surface area contributed by atoms with Gasteiger partial charge in [-0.1, -0.05) is 27.7 Å². The van der Waals surface area contributed by atoms with Crippen molar-refractivity contribution in [2.45, 2.75) is 313 Å². The molecule has 0 amide bonds. The summed E-state index contributed by atoms with van der Waals surface area (Å²) in [6.07, 6.45) is -49.0. The van der Waals surface area contributed by atoms with Crippen LogP contribution in [0.4, 0.5) is 0 Å². The van der Waals surface area contributed by atoms with Gasteiger partial charge in [0, 0.05) is 12.3 Å². The third-order valence-corrected chi connectivity index (χ3v) is 25.5. The quantitative estimate of drug-likeness (QED) is 0.0568. The van der Waals surface area contributed by atoms with Gasteiger partial charge in [-0.25, -0.2) is 0 Å². The fourth-order valence-electron chi connectivity index (χ4n) is 19.7. The van der Waals surface area contributed by atoms with Crippen molar-refractivity contribution in [3.05, 3.63) is 0 Å². The van der Waals surface area contributed by atoms with Crippen molar-refractivity contribution in [3.63, 3.8) is 0 Å². The highest BCUT2D eigenvalue weighted by atomic mass is 16.8. The van der Waals surface area contributed by atoms with Crippen molar-refractivity contribution in [2.24, 2.45) is 52.3 Å². The molecule has 6 unspecified atom stereocenters. The molecule has 9 saturated heterocycles. The van der Waals surface area contributed by atoms with Crippen LogP contribution in [0.15, 0.2) is 0 Å². The maximum atomic E-state index is 12.9. The summed E-state index contributed by atoms with van der Waals surface area (Å²) in [4.78, 5) is 0. The third kappa shape index (κ3) is 14.0. The van der Waals surface area contributed by atoms with E-state index in [-0.39, 0.29) is 28.8 Å². The van der Waals surface area contributed by atoms with E-state index >= 15 is 0 Å². The zero-order valence-electron chi connectivity index (χ0n) is 56.8. The average Bonchev–Trinajstić information content (AvgIpc) is 1.51. The normalized spacial score (nSPS) is 57.3. The lowest BCUT2D eigenvalue weighted by Gasteiger charge is -2.61. The molecule has 4 aliphatic carbocycles. The van der Waals surface area contributed by atoms with Gasteiger partial charge < -0.3 is 168 Å². The fraction of sp³-hybridized carbons (Fsp3) is 1.00. The number of aliphatic hydroxyl groups is 18. The molecule has 1 spiro atoms. The summed E-state index contributed by atoms with van der Waals surface area (Å²) in [5.41, 5.74) is 0.0700. The first-order valence-electron chi connectivity index (χ1n) is 35.9. The molecule has 9 aliphatic heterocycles. The molecular formula is C66H108O34. The summed E-state index contributed by atoms with van der Waals surface area (Å²) in [6.45, 7) is 6.96. The van der Waals surface area contributed by atoms with Crippen molar-refractivity contribution in [2.75, 3.05) is 46.2 Å². The molecule has 44 atom stereocenters. The first-order chi connectivity index (χ1) is 47.5. The summed E-state index contributed by atoms with van der Waals surface area (Å²) in [5.74, 6) is 2.36. The van der Waals surface area contributed by atoms with E-state index in [1.165, 1.54) is 6.92 Å². The summed E-state index contributed by atoms with van der Waals surface area (Å²) in [6, 6.07) is 0. The molecule has 0 bridgehead atoms. The Morgan fingerprint density at radius 1 is 0.400 bits per heavy atom. The van der Waals surface area contributed by atoms with E-state index in [4.69, 9.17) is 75.8 Å². The van der Waals surface area contributed by atoms with Crippen LogP contribution in [0.5, 0.6) is 0 Å². The Morgan fingerprint density at radius 2 is 0.960 bits per heavy atom. The molecule has 0 radical (unpaired) electrons. The van der Waals surface area contributed by atoms with E-state index in [0.717, 1.165) is 51.4 Å². The molecule has 18 N–H and O–H groups in total. The lowest BCUT2D eigenvalue weighted by molar-refractivity contribution is -0.410. The molecule has 13 fully saturated rings. The molecular weight excluding hydrogens is 1340 g/mol. The molecule has 0 aromatic heterocycles. The molecule has 0 aromatic rings. The van der Waals surface area contributed by atoms with E-state index in [9.17, 15) is 91.9 Å². The minimum absolute atomic E-state index is 0.0437. The third-order valence-electron chi connectivity index (χ3n) is 25.5. The second-order valence-electron chi connectivity index (χ2n) is 31.4.